The number of aromatic nitrogens is 2. The number of rotatable bonds is 7. The minimum absolute atomic E-state index is 0.460. The van der Waals surface area contributed by atoms with Gasteiger partial charge in [-0.15, -0.1) is 0 Å². The largest absolute Gasteiger partial charge is 0.485 e. The third-order valence-corrected chi connectivity index (χ3v) is 3.17. The molecule has 4 heteroatoms. The molecule has 0 aliphatic carbocycles. The molecule has 20 heavy (non-hydrogen) atoms. The first kappa shape index (κ1) is 14.6. The van der Waals surface area contributed by atoms with Crippen LogP contribution in [-0.4, -0.2) is 15.6 Å². The molecule has 1 aromatic carbocycles. The van der Waals surface area contributed by atoms with Crippen LogP contribution in [-0.2, 0) is 19.7 Å². The van der Waals surface area contributed by atoms with E-state index in [9.17, 15) is 0 Å². The Labute approximate surface area is 120 Å². The highest BCUT2D eigenvalue weighted by Gasteiger charge is 2.06. The van der Waals surface area contributed by atoms with Gasteiger partial charge in [-0.1, -0.05) is 32.0 Å². The highest BCUT2D eigenvalue weighted by molar-refractivity contribution is 5.33. The van der Waals surface area contributed by atoms with Crippen LogP contribution in [0.3, 0.4) is 0 Å². The number of benzene rings is 1. The van der Waals surface area contributed by atoms with Crippen molar-refractivity contribution < 1.29 is 4.74 Å². The fourth-order valence-corrected chi connectivity index (χ4v) is 2.02. The summed E-state index contributed by atoms with van der Waals surface area (Å²) >= 11 is 0. The van der Waals surface area contributed by atoms with Gasteiger partial charge in [0.15, 0.2) is 0 Å². The van der Waals surface area contributed by atoms with Crippen molar-refractivity contribution in [3.05, 3.63) is 48.0 Å². The summed E-state index contributed by atoms with van der Waals surface area (Å²) in [7, 11) is 0. The zero-order valence-electron chi connectivity index (χ0n) is 12.5. The molecule has 2 rings (SSSR count). The molecule has 4 nitrogen and oxygen atoms in total. The van der Waals surface area contributed by atoms with Gasteiger partial charge in [-0.05, 0) is 13.0 Å². The molecule has 0 amide bonds. The van der Waals surface area contributed by atoms with E-state index < -0.39 is 0 Å². The van der Waals surface area contributed by atoms with Gasteiger partial charge < -0.3 is 14.6 Å². The van der Waals surface area contributed by atoms with E-state index in [0.29, 0.717) is 12.6 Å². The van der Waals surface area contributed by atoms with Gasteiger partial charge in [0.2, 0.25) is 0 Å². The van der Waals surface area contributed by atoms with E-state index >= 15 is 0 Å². The highest BCUT2D eigenvalue weighted by atomic mass is 16.5. The Kier molecular flexibility index (Phi) is 5.18. The van der Waals surface area contributed by atoms with Gasteiger partial charge in [0, 0.05) is 37.1 Å². The summed E-state index contributed by atoms with van der Waals surface area (Å²) in [5, 5.41) is 3.42. The number of hydrogen-bond acceptors (Lipinski definition) is 3. The smallest absolute Gasteiger partial charge is 0.146 e. The predicted molar refractivity (Wildman–Crippen MR) is 80.7 cm³/mol. The van der Waals surface area contributed by atoms with E-state index in [1.54, 1.807) is 0 Å². The van der Waals surface area contributed by atoms with E-state index in [1.165, 1.54) is 5.56 Å². The van der Waals surface area contributed by atoms with Crippen molar-refractivity contribution in [3.63, 3.8) is 0 Å². The summed E-state index contributed by atoms with van der Waals surface area (Å²) < 4.78 is 8.03. The maximum absolute atomic E-state index is 5.93. The molecule has 0 spiro atoms. The molecule has 0 bridgehead atoms. The van der Waals surface area contributed by atoms with E-state index in [0.717, 1.165) is 24.7 Å². The first-order chi connectivity index (χ1) is 9.70. The number of nitrogens with one attached hydrogen (secondary N) is 1. The van der Waals surface area contributed by atoms with Crippen molar-refractivity contribution in [1.82, 2.24) is 14.9 Å². The second kappa shape index (κ2) is 7.10. The number of ether oxygens (including phenoxy) is 1. The van der Waals surface area contributed by atoms with Crippen LogP contribution in [0.4, 0.5) is 0 Å². The van der Waals surface area contributed by atoms with Crippen LogP contribution < -0.4 is 10.1 Å². The maximum Gasteiger partial charge on any atom is 0.146 e. The number of aryl methyl sites for hydroxylation is 1. The monoisotopic (exact) mass is 273 g/mol. The number of hydrogen-bond donors (Lipinski definition) is 1. The van der Waals surface area contributed by atoms with Gasteiger partial charge in [0.05, 0.1) is 0 Å². The Bertz CT molecular complexity index is 534. The van der Waals surface area contributed by atoms with Crippen molar-refractivity contribution >= 4 is 0 Å². The van der Waals surface area contributed by atoms with Gasteiger partial charge in [-0.3, -0.25) is 0 Å². The zero-order chi connectivity index (χ0) is 14.4. The fraction of sp³-hybridized carbons (Fsp3) is 0.438. The lowest BCUT2D eigenvalue weighted by atomic mass is 10.2. The molecule has 0 radical (unpaired) electrons. The minimum Gasteiger partial charge on any atom is -0.485 e. The molecule has 2 aromatic rings. The van der Waals surface area contributed by atoms with Crippen LogP contribution in [0.2, 0.25) is 0 Å². The topological polar surface area (TPSA) is 39.1 Å². The van der Waals surface area contributed by atoms with Gasteiger partial charge in [0.25, 0.3) is 0 Å². The van der Waals surface area contributed by atoms with Crippen LogP contribution in [0.25, 0.3) is 0 Å². The molecule has 0 saturated carbocycles. The molecule has 1 aromatic heterocycles. The van der Waals surface area contributed by atoms with Gasteiger partial charge >= 0.3 is 0 Å². The van der Waals surface area contributed by atoms with Crippen molar-refractivity contribution in [1.29, 1.82) is 0 Å². The summed E-state index contributed by atoms with van der Waals surface area (Å²) in [6, 6.07) is 8.60. The lowest BCUT2D eigenvalue weighted by Gasteiger charge is -2.14. The Morgan fingerprint density at radius 3 is 2.85 bits per heavy atom. The summed E-state index contributed by atoms with van der Waals surface area (Å²) in [5.74, 6) is 1.88. The average molecular weight is 273 g/mol. The third kappa shape index (κ3) is 3.84. The number of nitrogens with zero attached hydrogens (tertiary/aromatic N) is 2. The van der Waals surface area contributed by atoms with E-state index in [1.807, 2.05) is 30.6 Å². The molecule has 1 heterocycles. The zero-order valence-corrected chi connectivity index (χ0v) is 12.5. The summed E-state index contributed by atoms with van der Waals surface area (Å²) in [4.78, 5) is 4.33. The Morgan fingerprint density at radius 1 is 1.30 bits per heavy atom. The van der Waals surface area contributed by atoms with Crippen molar-refractivity contribution in [3.8, 4) is 5.75 Å². The van der Waals surface area contributed by atoms with Gasteiger partial charge in [-0.25, -0.2) is 4.98 Å². The number of imidazole rings is 1. The predicted octanol–water partition coefficient (Wildman–Crippen LogP) is 2.98. The van der Waals surface area contributed by atoms with Crippen molar-refractivity contribution in [2.45, 2.75) is 46.5 Å². The lowest BCUT2D eigenvalue weighted by Crippen LogP contribution is -2.22. The van der Waals surface area contributed by atoms with Crippen LogP contribution in [0.1, 0.15) is 32.2 Å². The number of para-hydroxylation sites is 1. The van der Waals surface area contributed by atoms with Crippen LogP contribution in [0.5, 0.6) is 5.75 Å². The summed E-state index contributed by atoms with van der Waals surface area (Å²) in [5.41, 5.74) is 1.18. The molecule has 0 fully saturated rings. The Balaban J connectivity index is 2.02. The molecule has 0 aliphatic rings. The molecule has 0 unspecified atom stereocenters. The SMILES string of the molecule is CCn1ccnc1COc1ccccc1CNC(C)C. The molecule has 0 saturated heterocycles. The average Bonchev–Trinajstić information content (AvgIpc) is 2.91. The van der Waals surface area contributed by atoms with Crippen molar-refractivity contribution in [2.24, 2.45) is 0 Å². The highest BCUT2D eigenvalue weighted by Crippen LogP contribution is 2.19. The lowest BCUT2D eigenvalue weighted by molar-refractivity contribution is 0.286. The van der Waals surface area contributed by atoms with Crippen LogP contribution in [0.15, 0.2) is 36.7 Å². The quantitative estimate of drug-likeness (QED) is 0.843. The molecule has 1 N–H and O–H groups in total. The van der Waals surface area contributed by atoms with E-state index in [2.05, 4.69) is 41.7 Å². The first-order valence-electron chi connectivity index (χ1n) is 7.14. The summed E-state index contributed by atoms with van der Waals surface area (Å²) in [6.45, 7) is 8.61. The standard InChI is InChI=1S/C16H23N3O/c1-4-19-10-9-17-16(19)12-20-15-8-6-5-7-14(15)11-18-13(2)3/h5-10,13,18H,4,11-12H2,1-3H3. The molecular weight excluding hydrogens is 250 g/mol. The second-order valence-corrected chi connectivity index (χ2v) is 5.06. The van der Waals surface area contributed by atoms with Crippen LogP contribution >= 0.6 is 0 Å². The minimum atomic E-state index is 0.460. The van der Waals surface area contributed by atoms with Gasteiger partial charge in [0.1, 0.15) is 18.2 Å². The van der Waals surface area contributed by atoms with Crippen molar-refractivity contribution in [2.75, 3.05) is 0 Å². The molecule has 108 valence electrons. The Morgan fingerprint density at radius 2 is 2.10 bits per heavy atom. The first-order valence-corrected chi connectivity index (χ1v) is 7.14. The summed E-state index contributed by atoms with van der Waals surface area (Å²) in [6.07, 6.45) is 3.79. The second-order valence-electron chi connectivity index (χ2n) is 5.06. The normalized spacial score (nSPS) is 11.0. The Hall–Kier alpha value is -1.81. The molecular formula is C16H23N3O. The van der Waals surface area contributed by atoms with Crippen LogP contribution in [0, 0.1) is 0 Å². The van der Waals surface area contributed by atoms with E-state index in [-0.39, 0.29) is 0 Å². The third-order valence-electron chi connectivity index (χ3n) is 3.17. The van der Waals surface area contributed by atoms with Gasteiger partial charge in [-0.2, -0.15) is 0 Å². The molecule has 0 atom stereocenters. The fourth-order valence-electron chi connectivity index (χ4n) is 2.02. The maximum atomic E-state index is 5.93. The molecule has 0 aliphatic heterocycles. The van der Waals surface area contributed by atoms with E-state index in [4.69, 9.17) is 4.74 Å².